The van der Waals surface area contributed by atoms with Crippen molar-refractivity contribution in [3.63, 3.8) is 0 Å². The van der Waals surface area contributed by atoms with E-state index in [1.165, 1.54) is 0 Å². The average Bonchev–Trinajstić information content (AvgIpc) is 2.51. The first-order chi connectivity index (χ1) is 6.61. The smallest absolute Gasteiger partial charge is 0.410 e. The van der Waals surface area contributed by atoms with Crippen molar-refractivity contribution in [3.8, 4) is 0 Å². The lowest BCUT2D eigenvalue weighted by Crippen LogP contribution is -2.54. The second-order valence-electron chi connectivity index (χ2n) is 4.78. The van der Waals surface area contributed by atoms with E-state index in [1.807, 2.05) is 4.90 Å². The summed E-state index contributed by atoms with van der Waals surface area (Å²) in [6.45, 7) is 7.69. The molecule has 2 rings (SSSR count). The predicted molar refractivity (Wildman–Crippen MR) is 53.1 cm³/mol. The number of nitrogens with one attached hydrogen (secondary N) is 1. The summed E-state index contributed by atoms with van der Waals surface area (Å²) in [5.41, 5.74) is 0.154. The molecule has 80 valence electrons. The van der Waals surface area contributed by atoms with Crippen LogP contribution < -0.4 is 5.32 Å². The molecule has 0 spiro atoms. The third-order valence-electron chi connectivity index (χ3n) is 3.25. The van der Waals surface area contributed by atoms with Gasteiger partial charge in [-0.25, -0.2) is 4.79 Å². The molecule has 4 heteroatoms. The van der Waals surface area contributed by atoms with E-state index in [0.717, 1.165) is 26.1 Å². The fraction of sp³-hybridized carbons (Fsp3) is 0.900. The van der Waals surface area contributed by atoms with Gasteiger partial charge < -0.3 is 15.0 Å². The van der Waals surface area contributed by atoms with E-state index >= 15 is 0 Å². The number of carbonyl (C=O) groups excluding carboxylic acids is 1. The molecule has 4 nitrogen and oxygen atoms in total. The van der Waals surface area contributed by atoms with Crippen molar-refractivity contribution < 1.29 is 9.53 Å². The molecule has 1 amide bonds. The van der Waals surface area contributed by atoms with E-state index in [0.29, 0.717) is 12.6 Å². The zero-order chi connectivity index (χ0) is 10.2. The number of hydrogen-bond donors (Lipinski definition) is 1. The number of carbonyl (C=O) groups is 1. The summed E-state index contributed by atoms with van der Waals surface area (Å²) in [6.07, 6.45) is 0.896. The Hall–Kier alpha value is -0.770. The summed E-state index contributed by atoms with van der Waals surface area (Å²) in [5, 5.41) is 3.36. The second-order valence-corrected chi connectivity index (χ2v) is 4.78. The van der Waals surface area contributed by atoms with Crippen molar-refractivity contribution in [1.82, 2.24) is 10.2 Å². The highest BCUT2D eigenvalue weighted by molar-refractivity contribution is 5.69. The molecule has 1 atom stereocenters. The lowest BCUT2D eigenvalue weighted by molar-refractivity contribution is 0.0843. The quantitative estimate of drug-likeness (QED) is 0.678. The average molecular weight is 198 g/mol. The third-order valence-corrected chi connectivity index (χ3v) is 3.25. The molecule has 2 saturated heterocycles. The molecule has 14 heavy (non-hydrogen) atoms. The molecule has 0 aromatic carbocycles. The molecule has 0 bridgehead atoms. The highest BCUT2D eigenvalue weighted by Gasteiger charge is 2.40. The van der Waals surface area contributed by atoms with Crippen LogP contribution in [0.4, 0.5) is 4.79 Å². The molecule has 2 fully saturated rings. The van der Waals surface area contributed by atoms with Crippen molar-refractivity contribution in [2.45, 2.75) is 26.3 Å². The highest BCUT2D eigenvalue weighted by Crippen LogP contribution is 2.31. The Morgan fingerprint density at radius 3 is 2.93 bits per heavy atom. The van der Waals surface area contributed by atoms with E-state index in [-0.39, 0.29) is 11.5 Å². The fourth-order valence-corrected chi connectivity index (χ4v) is 2.42. The lowest BCUT2D eigenvalue weighted by atomic mass is 9.79. The van der Waals surface area contributed by atoms with Crippen molar-refractivity contribution in [3.05, 3.63) is 0 Å². The van der Waals surface area contributed by atoms with Crippen LogP contribution in [0.25, 0.3) is 0 Å². The topological polar surface area (TPSA) is 41.6 Å². The molecule has 0 aromatic heterocycles. The van der Waals surface area contributed by atoms with Gasteiger partial charge in [-0.15, -0.1) is 0 Å². The fourth-order valence-electron chi connectivity index (χ4n) is 2.42. The Bertz CT molecular complexity index is 240. The standard InChI is InChI=1S/C10H18N2O2/c1-10(2)7-11-4-3-8(10)12-5-6-14-9(12)13/h8,11H,3-7H2,1-2H3. The zero-order valence-electron chi connectivity index (χ0n) is 8.88. The molecule has 0 aliphatic carbocycles. The van der Waals surface area contributed by atoms with Crippen molar-refractivity contribution >= 4 is 6.09 Å². The zero-order valence-corrected chi connectivity index (χ0v) is 8.88. The van der Waals surface area contributed by atoms with Gasteiger partial charge in [0.25, 0.3) is 0 Å². The minimum absolute atomic E-state index is 0.134. The van der Waals surface area contributed by atoms with Gasteiger partial charge in [0.2, 0.25) is 0 Å². The normalized spacial score (nSPS) is 31.7. The van der Waals surface area contributed by atoms with Crippen LogP contribution in [0.2, 0.25) is 0 Å². The summed E-state index contributed by atoms with van der Waals surface area (Å²) in [7, 11) is 0. The predicted octanol–water partition coefficient (Wildman–Crippen LogP) is 0.827. The Balaban J connectivity index is 2.11. The molecule has 0 aromatic rings. The molecular weight excluding hydrogens is 180 g/mol. The van der Waals surface area contributed by atoms with Gasteiger partial charge in [0, 0.05) is 12.6 Å². The van der Waals surface area contributed by atoms with Crippen LogP contribution in [0.5, 0.6) is 0 Å². The molecule has 2 aliphatic rings. The Morgan fingerprint density at radius 1 is 1.57 bits per heavy atom. The van der Waals surface area contributed by atoms with Gasteiger partial charge in [-0.2, -0.15) is 0 Å². The largest absolute Gasteiger partial charge is 0.448 e. The van der Waals surface area contributed by atoms with Crippen LogP contribution in [0.3, 0.4) is 0 Å². The number of amides is 1. The number of nitrogens with zero attached hydrogens (tertiary/aromatic N) is 1. The van der Waals surface area contributed by atoms with E-state index < -0.39 is 0 Å². The van der Waals surface area contributed by atoms with E-state index in [9.17, 15) is 4.79 Å². The van der Waals surface area contributed by atoms with Gasteiger partial charge in [-0.3, -0.25) is 0 Å². The Labute approximate surface area is 84.6 Å². The first-order valence-corrected chi connectivity index (χ1v) is 5.25. The first-order valence-electron chi connectivity index (χ1n) is 5.25. The van der Waals surface area contributed by atoms with Crippen LogP contribution in [-0.2, 0) is 4.74 Å². The number of ether oxygens (including phenoxy) is 1. The molecule has 1 unspecified atom stereocenters. The minimum Gasteiger partial charge on any atom is -0.448 e. The lowest BCUT2D eigenvalue weighted by Gasteiger charge is -2.42. The summed E-state index contributed by atoms with van der Waals surface area (Å²) in [4.78, 5) is 13.3. The number of rotatable bonds is 1. The number of piperidine rings is 1. The third kappa shape index (κ3) is 1.59. The van der Waals surface area contributed by atoms with E-state index in [4.69, 9.17) is 4.74 Å². The molecule has 2 heterocycles. The maximum atomic E-state index is 11.4. The van der Waals surface area contributed by atoms with E-state index in [2.05, 4.69) is 19.2 Å². The van der Waals surface area contributed by atoms with Crippen LogP contribution in [0.15, 0.2) is 0 Å². The monoisotopic (exact) mass is 198 g/mol. The molecule has 0 radical (unpaired) electrons. The maximum absolute atomic E-state index is 11.4. The van der Waals surface area contributed by atoms with Gasteiger partial charge in [0.1, 0.15) is 6.61 Å². The summed E-state index contributed by atoms with van der Waals surface area (Å²) in [5.74, 6) is 0. The van der Waals surface area contributed by atoms with Crippen LogP contribution in [0.1, 0.15) is 20.3 Å². The molecule has 1 N–H and O–H groups in total. The molecule has 0 saturated carbocycles. The Kier molecular flexibility index (Phi) is 2.39. The van der Waals surface area contributed by atoms with Crippen LogP contribution >= 0.6 is 0 Å². The summed E-state index contributed by atoms with van der Waals surface area (Å²) >= 11 is 0. The summed E-state index contributed by atoms with van der Waals surface area (Å²) in [6, 6.07) is 0.332. The number of cyclic esters (lactones) is 1. The molecule has 2 aliphatic heterocycles. The SMILES string of the molecule is CC1(C)CNCCC1N1CCOC1=O. The minimum atomic E-state index is -0.134. The van der Waals surface area contributed by atoms with Crippen molar-refractivity contribution in [2.75, 3.05) is 26.2 Å². The first kappa shape index (κ1) is 9.77. The highest BCUT2D eigenvalue weighted by atomic mass is 16.6. The second kappa shape index (κ2) is 3.42. The van der Waals surface area contributed by atoms with Crippen molar-refractivity contribution in [1.29, 1.82) is 0 Å². The van der Waals surface area contributed by atoms with Crippen LogP contribution in [0, 0.1) is 5.41 Å². The van der Waals surface area contributed by atoms with Gasteiger partial charge in [-0.1, -0.05) is 13.8 Å². The van der Waals surface area contributed by atoms with Gasteiger partial charge in [0.15, 0.2) is 0 Å². The molecular formula is C10H18N2O2. The van der Waals surface area contributed by atoms with Crippen molar-refractivity contribution in [2.24, 2.45) is 5.41 Å². The number of hydrogen-bond acceptors (Lipinski definition) is 3. The van der Waals surface area contributed by atoms with Gasteiger partial charge in [-0.05, 0) is 18.4 Å². The van der Waals surface area contributed by atoms with Gasteiger partial charge in [0.05, 0.1) is 6.54 Å². The van der Waals surface area contributed by atoms with E-state index in [1.54, 1.807) is 0 Å². The van der Waals surface area contributed by atoms with Crippen LogP contribution in [-0.4, -0.2) is 43.3 Å². The summed E-state index contributed by atoms with van der Waals surface area (Å²) < 4.78 is 4.98. The Morgan fingerprint density at radius 2 is 2.36 bits per heavy atom. The maximum Gasteiger partial charge on any atom is 0.410 e. The van der Waals surface area contributed by atoms with Gasteiger partial charge >= 0.3 is 6.09 Å².